The minimum absolute atomic E-state index is 0.0798. The van der Waals surface area contributed by atoms with Gasteiger partial charge in [0.25, 0.3) is 0 Å². The third-order valence-electron chi connectivity index (χ3n) is 4.17. The van der Waals surface area contributed by atoms with Gasteiger partial charge in [0, 0.05) is 12.6 Å². The highest BCUT2D eigenvalue weighted by Crippen LogP contribution is 2.36. The summed E-state index contributed by atoms with van der Waals surface area (Å²) in [5.41, 5.74) is -3.54. The van der Waals surface area contributed by atoms with Crippen LogP contribution in [-0.4, -0.2) is 56.1 Å². The van der Waals surface area contributed by atoms with E-state index < -0.39 is 59.8 Å². The first kappa shape index (κ1) is 19.3. The fourth-order valence-corrected chi connectivity index (χ4v) is 2.95. The number of aliphatic hydroxyl groups is 2. The monoisotopic (exact) mass is 391 g/mol. The zero-order valence-electron chi connectivity index (χ0n) is 14.0. The Balaban J connectivity index is 2.17. The normalized spacial score (nSPS) is 23.1. The lowest BCUT2D eigenvalue weighted by molar-refractivity contribution is -0.141. The molecule has 0 radical (unpaired) electrons. The number of nitrogens with zero attached hydrogens (tertiary/aromatic N) is 2. The van der Waals surface area contributed by atoms with Crippen LogP contribution in [0.4, 0.5) is 13.2 Å². The van der Waals surface area contributed by atoms with Crippen LogP contribution in [0.3, 0.4) is 0 Å². The second kappa shape index (κ2) is 6.94. The van der Waals surface area contributed by atoms with Crippen LogP contribution in [0.2, 0.25) is 0 Å². The first-order valence-electron chi connectivity index (χ1n) is 8.00. The van der Waals surface area contributed by atoms with Crippen molar-refractivity contribution in [2.45, 2.75) is 38.0 Å². The van der Waals surface area contributed by atoms with Gasteiger partial charge in [0.15, 0.2) is 0 Å². The second-order valence-electron chi connectivity index (χ2n) is 5.90. The quantitative estimate of drug-likeness (QED) is 0.650. The average Bonchev–Trinajstić information content (AvgIpc) is 3.13. The van der Waals surface area contributed by atoms with Crippen LogP contribution in [0.1, 0.15) is 35.6 Å². The Morgan fingerprint density at radius 2 is 2.22 bits per heavy atom. The second-order valence-corrected chi connectivity index (χ2v) is 5.90. The lowest BCUT2D eigenvalue weighted by Gasteiger charge is -2.14. The summed E-state index contributed by atoms with van der Waals surface area (Å²) in [6.07, 6.45) is -7.05. The molecule has 1 saturated heterocycles. The summed E-state index contributed by atoms with van der Waals surface area (Å²) >= 11 is 0. The molecule has 12 heteroatoms. The van der Waals surface area contributed by atoms with Crippen molar-refractivity contribution < 1.29 is 37.7 Å². The summed E-state index contributed by atoms with van der Waals surface area (Å²) in [5.74, 6) is -1.22. The van der Waals surface area contributed by atoms with Gasteiger partial charge in [0.05, 0.1) is 24.7 Å². The molecule has 3 heterocycles. The van der Waals surface area contributed by atoms with Crippen molar-refractivity contribution in [1.82, 2.24) is 14.5 Å². The van der Waals surface area contributed by atoms with Crippen molar-refractivity contribution in [2.75, 3.05) is 13.2 Å². The Morgan fingerprint density at radius 1 is 1.52 bits per heavy atom. The van der Waals surface area contributed by atoms with E-state index >= 15 is 0 Å². The molecule has 3 N–H and O–H groups in total. The molecule has 0 bridgehead atoms. The van der Waals surface area contributed by atoms with Crippen LogP contribution >= 0.6 is 0 Å². The number of rotatable bonds is 4. The molecule has 0 saturated carbocycles. The van der Waals surface area contributed by atoms with E-state index in [1.807, 2.05) is 4.98 Å². The number of hydrogen-bond acceptors (Lipinski definition) is 7. The molecule has 27 heavy (non-hydrogen) atoms. The van der Waals surface area contributed by atoms with Crippen LogP contribution in [0.25, 0.3) is 11.0 Å². The number of aliphatic hydroxyl groups excluding tert-OH is 2. The van der Waals surface area contributed by atoms with Crippen LogP contribution in [-0.2, 0) is 15.7 Å². The summed E-state index contributed by atoms with van der Waals surface area (Å²) in [7, 11) is 0. The minimum Gasteiger partial charge on any atom is -0.462 e. The van der Waals surface area contributed by atoms with Gasteiger partial charge in [-0.15, -0.1) is 0 Å². The van der Waals surface area contributed by atoms with Gasteiger partial charge in [-0.3, -0.25) is 4.57 Å². The first-order valence-corrected chi connectivity index (χ1v) is 8.00. The van der Waals surface area contributed by atoms with E-state index in [2.05, 4.69) is 4.98 Å². The smallest absolute Gasteiger partial charge is 0.432 e. The van der Waals surface area contributed by atoms with Gasteiger partial charge in [-0.25, -0.2) is 9.59 Å². The number of alkyl halides is 3. The van der Waals surface area contributed by atoms with Gasteiger partial charge in [-0.1, -0.05) is 0 Å². The maximum Gasteiger partial charge on any atom is 0.432 e. The number of carbonyl (C=O) groups excluding carboxylic acids is 1. The maximum atomic E-state index is 13.3. The summed E-state index contributed by atoms with van der Waals surface area (Å²) in [5, 5.41) is 18.7. The highest BCUT2D eigenvalue weighted by Gasteiger charge is 2.40. The number of carbonyl (C=O) groups is 1. The van der Waals surface area contributed by atoms with E-state index in [4.69, 9.17) is 14.6 Å². The zero-order valence-corrected chi connectivity index (χ0v) is 14.0. The Bertz CT molecular complexity index is 922. The standard InChI is InChI=1S/C15H16F3N3O6/c1-2-26-13(24)10-6-4-21(9-3-7(23)8(5-22)27-9)14(25)20-12(6)19-11(10)15(16,17)18/h4,7-9,22-23H,2-3,5H2,1H3,(H,19,20,25). The number of nitrogens with one attached hydrogen (secondary N) is 1. The van der Waals surface area contributed by atoms with Gasteiger partial charge in [-0.2, -0.15) is 18.2 Å². The van der Waals surface area contributed by atoms with Crippen molar-refractivity contribution in [3.63, 3.8) is 0 Å². The van der Waals surface area contributed by atoms with Crippen molar-refractivity contribution >= 4 is 17.0 Å². The Kier molecular flexibility index (Phi) is 4.97. The molecular weight excluding hydrogens is 375 g/mol. The molecule has 3 atom stereocenters. The van der Waals surface area contributed by atoms with Gasteiger partial charge < -0.3 is 24.7 Å². The van der Waals surface area contributed by atoms with Gasteiger partial charge in [0.2, 0.25) is 0 Å². The molecular formula is C15H16F3N3O6. The molecule has 2 aromatic heterocycles. The summed E-state index contributed by atoms with van der Waals surface area (Å²) in [6, 6.07) is 0. The molecule has 9 nitrogen and oxygen atoms in total. The van der Waals surface area contributed by atoms with Crippen molar-refractivity contribution in [3.05, 3.63) is 27.9 Å². The Morgan fingerprint density at radius 3 is 2.78 bits per heavy atom. The number of hydrogen-bond donors (Lipinski definition) is 3. The predicted molar refractivity (Wildman–Crippen MR) is 82.9 cm³/mol. The number of halogens is 3. The van der Waals surface area contributed by atoms with Gasteiger partial charge in [-0.05, 0) is 6.92 Å². The molecule has 1 fully saturated rings. The van der Waals surface area contributed by atoms with Crippen molar-refractivity contribution in [2.24, 2.45) is 0 Å². The summed E-state index contributed by atoms with van der Waals surface area (Å²) in [4.78, 5) is 29.8. The molecule has 0 aromatic carbocycles. The Hall–Kier alpha value is -2.44. The van der Waals surface area contributed by atoms with Gasteiger partial charge >= 0.3 is 17.8 Å². The van der Waals surface area contributed by atoms with E-state index in [1.165, 1.54) is 6.92 Å². The highest BCUT2D eigenvalue weighted by atomic mass is 19.4. The average molecular weight is 391 g/mol. The lowest BCUT2D eigenvalue weighted by Crippen LogP contribution is -2.27. The molecule has 0 spiro atoms. The number of esters is 1. The predicted octanol–water partition coefficient (Wildman–Crippen LogP) is 0.561. The van der Waals surface area contributed by atoms with E-state index in [-0.39, 0.29) is 18.4 Å². The van der Waals surface area contributed by atoms with Crippen LogP contribution in [0.5, 0.6) is 0 Å². The number of aromatic nitrogens is 3. The van der Waals surface area contributed by atoms with Gasteiger partial charge in [0.1, 0.15) is 29.2 Å². The summed E-state index contributed by atoms with van der Waals surface area (Å²) in [6.45, 7) is 0.793. The number of aromatic amines is 1. The lowest BCUT2D eigenvalue weighted by atomic mass is 10.1. The van der Waals surface area contributed by atoms with Crippen LogP contribution in [0.15, 0.2) is 11.0 Å². The SMILES string of the molecule is CCOC(=O)c1c(C(F)(F)F)[nH]c2nc(=O)n(C3CC(O)C(CO)O3)cc12. The molecule has 3 rings (SSSR count). The zero-order chi connectivity index (χ0) is 19.9. The summed E-state index contributed by atoms with van der Waals surface area (Å²) < 4.78 is 50.8. The maximum absolute atomic E-state index is 13.3. The molecule has 148 valence electrons. The largest absolute Gasteiger partial charge is 0.462 e. The van der Waals surface area contributed by atoms with Crippen molar-refractivity contribution in [1.29, 1.82) is 0 Å². The third-order valence-corrected chi connectivity index (χ3v) is 4.17. The number of fused-ring (bicyclic) bond motifs is 1. The molecule has 0 amide bonds. The van der Waals surface area contributed by atoms with Crippen LogP contribution in [0, 0.1) is 0 Å². The van der Waals surface area contributed by atoms with E-state index in [0.29, 0.717) is 0 Å². The topological polar surface area (TPSA) is 127 Å². The fraction of sp³-hybridized carbons (Fsp3) is 0.533. The van der Waals surface area contributed by atoms with E-state index in [9.17, 15) is 27.9 Å². The third kappa shape index (κ3) is 3.42. The molecule has 3 unspecified atom stereocenters. The van der Waals surface area contributed by atoms with E-state index in [1.54, 1.807) is 0 Å². The minimum atomic E-state index is -4.90. The molecule has 0 aliphatic carbocycles. The number of H-pyrrole nitrogens is 1. The van der Waals surface area contributed by atoms with Crippen LogP contribution < -0.4 is 5.69 Å². The fourth-order valence-electron chi connectivity index (χ4n) is 2.95. The molecule has 1 aliphatic heterocycles. The highest BCUT2D eigenvalue weighted by molar-refractivity contribution is 6.04. The Labute approximate surface area is 149 Å². The van der Waals surface area contributed by atoms with E-state index in [0.717, 1.165) is 10.8 Å². The molecule has 1 aliphatic rings. The molecule has 2 aromatic rings. The van der Waals surface area contributed by atoms with Crippen molar-refractivity contribution in [3.8, 4) is 0 Å². The number of ether oxygens (including phenoxy) is 2. The first-order chi connectivity index (χ1) is 12.7.